The first kappa shape index (κ1) is 17.1. The molecule has 1 atom stereocenters. The molecule has 1 aromatic carbocycles. The summed E-state index contributed by atoms with van der Waals surface area (Å²) in [6, 6.07) is 11.4. The number of rotatable bonds is 8. The zero-order valence-electron chi connectivity index (χ0n) is 13.1. The number of aryl methyl sites for hydroxylation is 1. The van der Waals surface area contributed by atoms with Crippen molar-refractivity contribution in [2.45, 2.75) is 57.9 Å². The Hall–Kier alpha value is -0.980. The van der Waals surface area contributed by atoms with Crippen LogP contribution in [0.1, 0.15) is 44.7 Å². The fourth-order valence-corrected chi connectivity index (χ4v) is 3.23. The van der Waals surface area contributed by atoms with E-state index in [2.05, 4.69) is 56.4 Å². The molecule has 1 aromatic rings. The van der Waals surface area contributed by atoms with Crippen LogP contribution in [0.2, 0.25) is 0 Å². The van der Waals surface area contributed by atoms with Gasteiger partial charge in [-0.3, -0.25) is 5.32 Å². The van der Waals surface area contributed by atoms with Gasteiger partial charge in [0.2, 0.25) is 0 Å². The number of nitriles is 1. The second-order valence-corrected chi connectivity index (χ2v) is 6.99. The van der Waals surface area contributed by atoms with Crippen molar-refractivity contribution in [3.63, 3.8) is 0 Å². The van der Waals surface area contributed by atoms with E-state index >= 15 is 0 Å². The highest BCUT2D eigenvalue weighted by atomic mass is 32.2. The molecule has 1 unspecified atom stereocenters. The highest BCUT2D eigenvalue weighted by Gasteiger charge is 2.23. The minimum atomic E-state index is -0.391. The Morgan fingerprint density at radius 3 is 2.75 bits per heavy atom. The van der Waals surface area contributed by atoms with Gasteiger partial charge >= 0.3 is 0 Å². The van der Waals surface area contributed by atoms with Crippen LogP contribution < -0.4 is 5.32 Å². The van der Waals surface area contributed by atoms with Crippen molar-refractivity contribution in [3.8, 4) is 6.07 Å². The van der Waals surface area contributed by atoms with Gasteiger partial charge in [-0.1, -0.05) is 29.8 Å². The third-order valence-corrected chi connectivity index (χ3v) is 4.29. The maximum atomic E-state index is 9.28. The van der Waals surface area contributed by atoms with E-state index in [-0.39, 0.29) is 0 Å². The number of nitrogens with one attached hydrogen (secondary N) is 1. The molecule has 2 nitrogen and oxygen atoms in total. The topological polar surface area (TPSA) is 35.8 Å². The van der Waals surface area contributed by atoms with E-state index in [4.69, 9.17) is 0 Å². The molecule has 0 saturated heterocycles. The highest BCUT2D eigenvalue weighted by molar-refractivity contribution is 7.98. The van der Waals surface area contributed by atoms with Crippen LogP contribution in [0.3, 0.4) is 0 Å². The van der Waals surface area contributed by atoms with E-state index < -0.39 is 5.54 Å². The van der Waals surface area contributed by atoms with Crippen LogP contribution in [0.25, 0.3) is 0 Å². The third kappa shape index (κ3) is 6.45. The summed E-state index contributed by atoms with van der Waals surface area (Å²) in [6.45, 7) is 8.30. The Bertz CT molecular complexity index is 451. The van der Waals surface area contributed by atoms with Gasteiger partial charge in [0.25, 0.3) is 0 Å². The summed E-state index contributed by atoms with van der Waals surface area (Å²) in [6.07, 6.45) is 1.97. The molecule has 1 rings (SSSR count). The summed E-state index contributed by atoms with van der Waals surface area (Å²) in [5, 5.41) is 12.6. The van der Waals surface area contributed by atoms with Gasteiger partial charge in [0.05, 0.1) is 6.07 Å². The fourth-order valence-electron chi connectivity index (χ4n) is 2.32. The van der Waals surface area contributed by atoms with Crippen molar-refractivity contribution in [3.05, 3.63) is 35.4 Å². The number of hydrogen-bond acceptors (Lipinski definition) is 3. The lowest BCUT2D eigenvalue weighted by molar-refractivity contribution is 0.380. The molecular formula is C17H26N2S. The van der Waals surface area contributed by atoms with Gasteiger partial charge in [-0.15, -0.1) is 0 Å². The highest BCUT2D eigenvalue weighted by Crippen LogP contribution is 2.18. The van der Waals surface area contributed by atoms with Crippen LogP contribution in [0.4, 0.5) is 0 Å². The Labute approximate surface area is 128 Å². The van der Waals surface area contributed by atoms with Crippen LogP contribution in [-0.4, -0.2) is 17.3 Å². The largest absolute Gasteiger partial charge is 0.297 e. The maximum absolute atomic E-state index is 9.28. The first-order chi connectivity index (χ1) is 9.45. The van der Waals surface area contributed by atoms with Gasteiger partial charge in [-0.25, -0.2) is 0 Å². The minimum Gasteiger partial charge on any atom is -0.297 e. The van der Waals surface area contributed by atoms with E-state index in [0.29, 0.717) is 6.04 Å². The monoisotopic (exact) mass is 290 g/mol. The van der Waals surface area contributed by atoms with E-state index in [1.54, 1.807) is 0 Å². The first-order valence-electron chi connectivity index (χ1n) is 7.27. The lowest BCUT2D eigenvalue weighted by Gasteiger charge is -2.25. The second kappa shape index (κ2) is 8.34. The average Bonchev–Trinajstić information content (AvgIpc) is 2.37. The third-order valence-electron chi connectivity index (χ3n) is 3.17. The molecule has 110 valence electrons. The molecule has 3 heteroatoms. The summed E-state index contributed by atoms with van der Waals surface area (Å²) in [5.74, 6) is 2.16. The summed E-state index contributed by atoms with van der Waals surface area (Å²) in [5.41, 5.74) is 2.32. The summed E-state index contributed by atoms with van der Waals surface area (Å²) in [4.78, 5) is 0. The van der Waals surface area contributed by atoms with Crippen molar-refractivity contribution in [2.75, 3.05) is 5.75 Å². The zero-order chi connectivity index (χ0) is 15.0. The van der Waals surface area contributed by atoms with E-state index in [1.807, 2.05) is 18.7 Å². The van der Waals surface area contributed by atoms with E-state index in [0.717, 1.165) is 24.3 Å². The number of nitrogens with zero attached hydrogens (tertiary/aromatic N) is 1. The van der Waals surface area contributed by atoms with Gasteiger partial charge in [0.15, 0.2) is 0 Å². The molecule has 0 spiro atoms. The van der Waals surface area contributed by atoms with E-state index in [1.165, 1.54) is 11.1 Å². The minimum absolute atomic E-state index is 0.347. The Kier molecular flexibility index (Phi) is 7.12. The molecule has 0 bridgehead atoms. The summed E-state index contributed by atoms with van der Waals surface area (Å²) >= 11 is 1.95. The molecular weight excluding hydrogens is 264 g/mol. The first-order valence-corrected chi connectivity index (χ1v) is 8.43. The predicted molar refractivity (Wildman–Crippen MR) is 88.9 cm³/mol. The molecule has 0 aliphatic rings. The van der Waals surface area contributed by atoms with Crippen molar-refractivity contribution in [1.29, 1.82) is 5.26 Å². The van der Waals surface area contributed by atoms with Gasteiger partial charge in [-0.05, 0) is 51.9 Å². The molecule has 0 fully saturated rings. The maximum Gasteiger partial charge on any atom is 0.104 e. The molecule has 0 aromatic heterocycles. The van der Waals surface area contributed by atoms with Crippen molar-refractivity contribution < 1.29 is 0 Å². The van der Waals surface area contributed by atoms with Crippen LogP contribution in [-0.2, 0) is 5.75 Å². The molecule has 0 amide bonds. The number of hydrogen-bond donors (Lipinski definition) is 1. The van der Waals surface area contributed by atoms with Crippen molar-refractivity contribution in [1.82, 2.24) is 5.32 Å². The molecule has 0 aliphatic heterocycles. The molecule has 0 aliphatic carbocycles. The fraction of sp³-hybridized carbons (Fsp3) is 0.588. The lowest BCUT2D eigenvalue weighted by Crippen LogP contribution is -2.44. The average molecular weight is 290 g/mol. The molecule has 1 N–H and O–H groups in total. The Morgan fingerprint density at radius 2 is 2.15 bits per heavy atom. The molecule has 0 heterocycles. The smallest absolute Gasteiger partial charge is 0.104 e. The van der Waals surface area contributed by atoms with Crippen molar-refractivity contribution in [2.24, 2.45) is 0 Å². The molecule has 0 radical (unpaired) electrons. The number of thioether (sulfide) groups is 1. The standard InChI is InChI=1S/C17H26N2S/c1-14(2)19-17(4,13-18)9-6-10-20-12-16-8-5-7-15(3)11-16/h5,7-8,11,14,19H,6,9-10,12H2,1-4H3. The quantitative estimate of drug-likeness (QED) is 0.726. The van der Waals surface area contributed by atoms with Crippen LogP contribution in [0.15, 0.2) is 24.3 Å². The van der Waals surface area contributed by atoms with E-state index in [9.17, 15) is 5.26 Å². The Morgan fingerprint density at radius 1 is 1.40 bits per heavy atom. The van der Waals surface area contributed by atoms with Crippen LogP contribution in [0.5, 0.6) is 0 Å². The summed E-state index contributed by atoms with van der Waals surface area (Å²) < 4.78 is 0. The van der Waals surface area contributed by atoms with Crippen LogP contribution >= 0.6 is 11.8 Å². The van der Waals surface area contributed by atoms with Gasteiger partial charge in [-0.2, -0.15) is 17.0 Å². The number of benzene rings is 1. The zero-order valence-corrected chi connectivity index (χ0v) is 13.9. The van der Waals surface area contributed by atoms with Crippen molar-refractivity contribution >= 4 is 11.8 Å². The van der Waals surface area contributed by atoms with Gasteiger partial charge in [0.1, 0.15) is 5.54 Å². The van der Waals surface area contributed by atoms with Gasteiger partial charge < -0.3 is 0 Å². The summed E-state index contributed by atoms with van der Waals surface area (Å²) in [7, 11) is 0. The van der Waals surface area contributed by atoms with Crippen LogP contribution in [0, 0.1) is 18.3 Å². The SMILES string of the molecule is Cc1cccc(CSCCCC(C)(C#N)NC(C)C)c1. The lowest BCUT2D eigenvalue weighted by atomic mass is 9.97. The molecule has 20 heavy (non-hydrogen) atoms. The second-order valence-electron chi connectivity index (χ2n) is 5.89. The molecule has 0 saturated carbocycles. The predicted octanol–water partition coefficient (Wildman–Crippen LogP) is 4.29. The Balaban J connectivity index is 2.26. The normalized spacial score (nSPS) is 14.0. The van der Waals surface area contributed by atoms with Gasteiger partial charge in [0, 0.05) is 11.8 Å².